The molecule has 108 valence electrons. The summed E-state index contributed by atoms with van der Waals surface area (Å²) < 4.78 is 21.5. The first kappa shape index (κ1) is 17.7. The van der Waals surface area contributed by atoms with Gasteiger partial charge in [-0.15, -0.1) is 0 Å². The summed E-state index contributed by atoms with van der Waals surface area (Å²) in [4.78, 5) is 10.5. The molecule has 1 atom stereocenters. The zero-order valence-electron chi connectivity index (χ0n) is 11.7. The Morgan fingerprint density at radius 1 is 1.00 bits per heavy atom. The Labute approximate surface area is 111 Å². The summed E-state index contributed by atoms with van der Waals surface area (Å²) in [5.41, 5.74) is 0. The van der Waals surface area contributed by atoms with Gasteiger partial charge in [-0.05, 0) is 12.8 Å². The molecule has 18 heavy (non-hydrogen) atoms. The first-order valence-electron chi connectivity index (χ1n) is 6.95. The van der Waals surface area contributed by atoms with Crippen LogP contribution in [0.25, 0.3) is 0 Å². The van der Waals surface area contributed by atoms with E-state index in [1.807, 2.05) is 0 Å². The minimum atomic E-state index is -1.93. The first-order chi connectivity index (χ1) is 8.66. The average molecular weight is 278 g/mol. The average Bonchev–Trinajstić information content (AvgIpc) is 2.33. The Morgan fingerprint density at radius 2 is 1.67 bits per heavy atom. The van der Waals surface area contributed by atoms with E-state index in [0.29, 0.717) is 25.8 Å². The lowest BCUT2D eigenvalue weighted by Gasteiger charge is -2.05. The van der Waals surface area contributed by atoms with E-state index in [2.05, 4.69) is 6.92 Å². The second kappa shape index (κ2) is 13.1. The molecule has 0 saturated heterocycles. The minimum Gasteiger partial charge on any atom is -0.466 e. The third-order valence-electron chi connectivity index (χ3n) is 2.59. The first-order valence-corrected chi connectivity index (χ1v) is 8.48. The number of unbranched alkanes of at least 4 members (excludes halogenated alkanes) is 5. The van der Waals surface area contributed by atoms with Gasteiger partial charge in [0.1, 0.15) is 0 Å². The molecule has 0 heterocycles. The van der Waals surface area contributed by atoms with Crippen LogP contribution < -0.4 is 0 Å². The van der Waals surface area contributed by atoms with Crippen molar-refractivity contribution < 1.29 is 18.6 Å². The van der Waals surface area contributed by atoms with Crippen LogP contribution in [0.15, 0.2) is 0 Å². The SMILES string of the molecule is CCCCCCCCO[PH](=O)CCCOC(C)=O. The molecule has 0 rings (SSSR count). The summed E-state index contributed by atoms with van der Waals surface area (Å²) in [6.45, 7) is 4.51. The molecule has 0 N–H and O–H groups in total. The molecular weight excluding hydrogens is 251 g/mol. The second-order valence-corrected chi connectivity index (χ2v) is 5.96. The zero-order valence-corrected chi connectivity index (χ0v) is 12.7. The van der Waals surface area contributed by atoms with Gasteiger partial charge in [-0.1, -0.05) is 39.0 Å². The van der Waals surface area contributed by atoms with Crippen molar-refractivity contribution in [2.45, 2.75) is 58.8 Å². The van der Waals surface area contributed by atoms with Gasteiger partial charge in [0.15, 0.2) is 8.03 Å². The lowest BCUT2D eigenvalue weighted by Crippen LogP contribution is -2.01. The molecule has 0 amide bonds. The lowest BCUT2D eigenvalue weighted by atomic mass is 10.1. The van der Waals surface area contributed by atoms with Crippen molar-refractivity contribution in [3.05, 3.63) is 0 Å². The van der Waals surface area contributed by atoms with Gasteiger partial charge in [-0.2, -0.15) is 0 Å². The van der Waals surface area contributed by atoms with E-state index >= 15 is 0 Å². The van der Waals surface area contributed by atoms with Crippen LogP contribution >= 0.6 is 8.03 Å². The molecular formula is C13H27O4P. The number of ether oxygens (including phenoxy) is 1. The summed E-state index contributed by atoms with van der Waals surface area (Å²) in [6, 6.07) is 0. The maximum atomic E-state index is 11.4. The van der Waals surface area contributed by atoms with Crippen molar-refractivity contribution >= 4 is 14.0 Å². The number of carbonyl (C=O) groups excluding carboxylic acids is 1. The highest BCUT2D eigenvalue weighted by atomic mass is 31.1. The minimum absolute atomic E-state index is 0.289. The van der Waals surface area contributed by atoms with Crippen molar-refractivity contribution in [3.8, 4) is 0 Å². The van der Waals surface area contributed by atoms with Gasteiger partial charge in [0.05, 0.1) is 13.2 Å². The molecule has 1 unspecified atom stereocenters. The summed E-state index contributed by atoms with van der Waals surface area (Å²) in [5, 5.41) is 0. The fourth-order valence-corrected chi connectivity index (χ4v) is 2.52. The summed E-state index contributed by atoms with van der Waals surface area (Å²) in [7, 11) is -1.93. The Bertz CT molecular complexity index is 231. The smallest absolute Gasteiger partial charge is 0.302 e. The van der Waals surface area contributed by atoms with E-state index in [1.54, 1.807) is 0 Å². The Hall–Kier alpha value is -0.340. The summed E-state index contributed by atoms with van der Waals surface area (Å²) in [6.07, 6.45) is 8.35. The van der Waals surface area contributed by atoms with Crippen molar-refractivity contribution in [1.29, 1.82) is 0 Å². The quantitative estimate of drug-likeness (QED) is 0.309. The van der Waals surface area contributed by atoms with E-state index in [4.69, 9.17) is 9.26 Å². The van der Waals surface area contributed by atoms with Gasteiger partial charge in [0.25, 0.3) is 0 Å². The highest BCUT2D eigenvalue weighted by molar-refractivity contribution is 7.39. The number of rotatable bonds is 12. The molecule has 0 bridgehead atoms. The van der Waals surface area contributed by atoms with Crippen molar-refractivity contribution in [2.24, 2.45) is 0 Å². The van der Waals surface area contributed by atoms with Gasteiger partial charge < -0.3 is 9.26 Å². The summed E-state index contributed by atoms with van der Waals surface area (Å²) in [5.74, 6) is -0.289. The van der Waals surface area contributed by atoms with Crippen molar-refractivity contribution in [2.75, 3.05) is 19.4 Å². The fourth-order valence-electron chi connectivity index (χ4n) is 1.57. The molecule has 0 spiro atoms. The highest BCUT2D eigenvalue weighted by Gasteiger charge is 2.01. The van der Waals surface area contributed by atoms with E-state index in [-0.39, 0.29) is 5.97 Å². The van der Waals surface area contributed by atoms with Crippen LogP contribution in [0, 0.1) is 0 Å². The summed E-state index contributed by atoms with van der Waals surface area (Å²) >= 11 is 0. The fraction of sp³-hybridized carbons (Fsp3) is 0.923. The number of hydrogen-bond donors (Lipinski definition) is 0. The van der Waals surface area contributed by atoms with Crippen LogP contribution in [-0.2, 0) is 18.6 Å². The molecule has 0 fully saturated rings. The van der Waals surface area contributed by atoms with Crippen molar-refractivity contribution in [1.82, 2.24) is 0 Å². The van der Waals surface area contributed by atoms with E-state index in [0.717, 1.165) is 12.8 Å². The molecule has 0 aliphatic heterocycles. The molecule has 5 heteroatoms. The third kappa shape index (κ3) is 13.7. The predicted octanol–water partition coefficient (Wildman–Crippen LogP) is 3.79. The van der Waals surface area contributed by atoms with E-state index < -0.39 is 8.03 Å². The molecule has 0 radical (unpaired) electrons. The molecule has 4 nitrogen and oxygen atoms in total. The van der Waals surface area contributed by atoms with Gasteiger partial charge in [0.2, 0.25) is 0 Å². The molecule has 0 aromatic heterocycles. The van der Waals surface area contributed by atoms with Crippen LogP contribution in [0.5, 0.6) is 0 Å². The third-order valence-corrected chi connectivity index (χ3v) is 3.88. The monoisotopic (exact) mass is 278 g/mol. The van der Waals surface area contributed by atoms with Gasteiger partial charge in [-0.3, -0.25) is 9.36 Å². The van der Waals surface area contributed by atoms with Crippen LogP contribution in [-0.4, -0.2) is 25.3 Å². The molecule has 0 aliphatic carbocycles. The van der Waals surface area contributed by atoms with Crippen LogP contribution in [0.1, 0.15) is 58.8 Å². The molecule has 0 aromatic carbocycles. The van der Waals surface area contributed by atoms with Gasteiger partial charge in [-0.25, -0.2) is 0 Å². The maximum absolute atomic E-state index is 11.4. The molecule has 0 saturated carbocycles. The maximum Gasteiger partial charge on any atom is 0.302 e. The number of hydrogen-bond acceptors (Lipinski definition) is 4. The Morgan fingerprint density at radius 3 is 2.33 bits per heavy atom. The van der Waals surface area contributed by atoms with Crippen LogP contribution in [0.4, 0.5) is 0 Å². The predicted molar refractivity (Wildman–Crippen MR) is 74.4 cm³/mol. The number of carbonyl (C=O) groups is 1. The van der Waals surface area contributed by atoms with Gasteiger partial charge in [0, 0.05) is 13.1 Å². The van der Waals surface area contributed by atoms with Gasteiger partial charge >= 0.3 is 5.97 Å². The molecule has 0 aliphatic rings. The lowest BCUT2D eigenvalue weighted by molar-refractivity contribution is -0.140. The normalized spacial score (nSPS) is 12.3. The largest absolute Gasteiger partial charge is 0.466 e. The Kier molecular flexibility index (Phi) is 12.9. The standard InChI is InChI=1S/C13H27O4P/c1-3-4-5-6-7-8-11-17-18(15)12-9-10-16-13(2)14/h18H,3-12H2,1-2H3. The second-order valence-electron chi connectivity index (χ2n) is 4.43. The zero-order chi connectivity index (χ0) is 13.6. The Balaban J connectivity index is 3.19. The van der Waals surface area contributed by atoms with E-state index in [1.165, 1.54) is 32.6 Å². The molecule has 0 aromatic rings. The topological polar surface area (TPSA) is 52.6 Å². The highest BCUT2D eigenvalue weighted by Crippen LogP contribution is 2.23. The number of esters is 1. The van der Waals surface area contributed by atoms with Crippen LogP contribution in [0.3, 0.4) is 0 Å². The van der Waals surface area contributed by atoms with Crippen molar-refractivity contribution in [3.63, 3.8) is 0 Å². The van der Waals surface area contributed by atoms with Crippen LogP contribution in [0.2, 0.25) is 0 Å². The van der Waals surface area contributed by atoms with E-state index in [9.17, 15) is 9.36 Å².